The summed E-state index contributed by atoms with van der Waals surface area (Å²) in [4.78, 5) is 53.6. The monoisotopic (exact) mass is 578 g/mol. The van der Waals surface area contributed by atoms with E-state index in [0.29, 0.717) is 55.3 Å². The molecule has 10 heteroatoms. The molecule has 226 valence electrons. The van der Waals surface area contributed by atoms with Gasteiger partial charge in [0, 0.05) is 38.0 Å². The molecule has 3 N–H and O–H groups in total. The van der Waals surface area contributed by atoms with Crippen molar-refractivity contribution in [3.8, 4) is 5.75 Å². The summed E-state index contributed by atoms with van der Waals surface area (Å²) in [5, 5.41) is 13.9. The zero-order chi connectivity index (χ0) is 29.9. The number of carbonyl (C=O) groups excluding carboxylic acids is 3. The van der Waals surface area contributed by atoms with Gasteiger partial charge >= 0.3 is 5.97 Å². The highest BCUT2D eigenvalue weighted by Crippen LogP contribution is 2.27. The molecular formula is C32H42N4O6. The van der Waals surface area contributed by atoms with Crippen LogP contribution in [-0.4, -0.2) is 73.4 Å². The SMILES string of the molecule is COc1ccc(CC(=O)c2ccccc2N(NCCC(=O)O)C(=O)[C@@H]2CCCN(C(=O)CCC3CCNCC3)C2)cc1. The largest absolute Gasteiger partial charge is 0.497 e. The van der Waals surface area contributed by atoms with Crippen molar-refractivity contribution in [1.82, 2.24) is 15.6 Å². The first-order chi connectivity index (χ1) is 20.4. The Bertz CT molecular complexity index is 1230. The lowest BCUT2D eigenvalue weighted by Crippen LogP contribution is -2.52. The van der Waals surface area contributed by atoms with Gasteiger partial charge in [0.05, 0.1) is 25.1 Å². The fraction of sp³-hybridized carbons (Fsp3) is 0.500. The number of hydrogen-bond acceptors (Lipinski definition) is 7. The molecule has 1 atom stereocenters. The van der Waals surface area contributed by atoms with E-state index in [0.717, 1.165) is 37.9 Å². The summed E-state index contributed by atoms with van der Waals surface area (Å²) in [5.41, 5.74) is 4.51. The Hall–Kier alpha value is -3.76. The summed E-state index contributed by atoms with van der Waals surface area (Å²) < 4.78 is 5.21. The highest BCUT2D eigenvalue weighted by atomic mass is 16.5. The number of hydrazine groups is 1. The number of methoxy groups -OCH3 is 1. The number of piperidine rings is 2. The number of para-hydroxylation sites is 1. The van der Waals surface area contributed by atoms with Crippen molar-refractivity contribution in [1.29, 1.82) is 0 Å². The van der Waals surface area contributed by atoms with Crippen LogP contribution in [-0.2, 0) is 20.8 Å². The number of hydrogen-bond donors (Lipinski definition) is 3. The van der Waals surface area contributed by atoms with E-state index in [1.807, 2.05) is 12.1 Å². The minimum Gasteiger partial charge on any atom is -0.497 e. The number of amides is 2. The van der Waals surface area contributed by atoms with Gasteiger partial charge in [0.25, 0.3) is 0 Å². The highest BCUT2D eigenvalue weighted by Gasteiger charge is 2.33. The Balaban J connectivity index is 1.49. The Kier molecular flexibility index (Phi) is 11.5. The molecule has 2 aliphatic rings. The molecule has 2 aromatic rings. The molecule has 42 heavy (non-hydrogen) atoms. The summed E-state index contributed by atoms with van der Waals surface area (Å²) in [6.07, 6.45) is 4.76. The van der Waals surface area contributed by atoms with Crippen LogP contribution in [0.15, 0.2) is 48.5 Å². The number of benzene rings is 2. The smallest absolute Gasteiger partial charge is 0.304 e. The zero-order valence-electron chi connectivity index (χ0n) is 24.3. The van der Waals surface area contributed by atoms with Crippen LogP contribution in [0.25, 0.3) is 0 Å². The van der Waals surface area contributed by atoms with Gasteiger partial charge in [-0.1, -0.05) is 24.3 Å². The first-order valence-electron chi connectivity index (χ1n) is 14.9. The number of Topliss-reactive ketones (excluding diaryl/α,β-unsaturated/α-hetero) is 1. The number of carboxylic acids is 1. The van der Waals surface area contributed by atoms with E-state index < -0.39 is 11.9 Å². The number of carboxylic acid groups (broad SMARTS) is 1. The molecule has 10 nitrogen and oxygen atoms in total. The van der Waals surface area contributed by atoms with Crippen LogP contribution in [0.4, 0.5) is 5.69 Å². The minimum absolute atomic E-state index is 0.00763. The van der Waals surface area contributed by atoms with Gasteiger partial charge in [-0.25, -0.2) is 10.4 Å². The molecule has 0 bridgehead atoms. The molecule has 0 radical (unpaired) electrons. The lowest BCUT2D eigenvalue weighted by atomic mass is 9.92. The van der Waals surface area contributed by atoms with E-state index >= 15 is 0 Å². The molecule has 0 aromatic heterocycles. The van der Waals surface area contributed by atoms with Crippen molar-refractivity contribution >= 4 is 29.3 Å². The number of anilines is 1. The maximum Gasteiger partial charge on any atom is 0.304 e. The van der Waals surface area contributed by atoms with Crippen molar-refractivity contribution in [2.75, 3.05) is 44.8 Å². The predicted octanol–water partition coefficient (Wildman–Crippen LogP) is 3.45. The second kappa shape index (κ2) is 15.5. The third-order valence-corrected chi connectivity index (χ3v) is 8.15. The average molecular weight is 579 g/mol. The molecule has 2 saturated heterocycles. The fourth-order valence-electron chi connectivity index (χ4n) is 5.73. The first kappa shape index (κ1) is 31.2. The van der Waals surface area contributed by atoms with Crippen LogP contribution < -0.4 is 20.5 Å². The average Bonchev–Trinajstić information content (AvgIpc) is 3.02. The van der Waals surface area contributed by atoms with Gasteiger partial charge in [0.15, 0.2) is 5.78 Å². The van der Waals surface area contributed by atoms with Crippen molar-refractivity contribution in [3.05, 3.63) is 59.7 Å². The second-order valence-electron chi connectivity index (χ2n) is 11.1. The maximum atomic E-state index is 14.0. The Morgan fingerprint density at radius 2 is 1.76 bits per heavy atom. The number of nitrogens with zero attached hydrogens (tertiary/aromatic N) is 2. The molecule has 2 fully saturated rings. The van der Waals surface area contributed by atoms with Gasteiger partial charge in [-0.15, -0.1) is 0 Å². The Morgan fingerprint density at radius 3 is 2.48 bits per heavy atom. The van der Waals surface area contributed by atoms with Gasteiger partial charge in [-0.3, -0.25) is 19.2 Å². The standard InChI is InChI=1S/C32H42N4O6/c1-42-26-11-8-24(9-12-26)21-29(37)27-6-2-3-7-28(27)36(34-19-16-31(39)40)32(41)25-5-4-20-35(22-25)30(38)13-10-23-14-17-33-18-15-23/h2-3,6-9,11-12,23,25,33-34H,4-5,10,13-22H2,1H3,(H,39,40)/t25-/m1/s1. The molecule has 2 aromatic carbocycles. The summed E-state index contributed by atoms with van der Waals surface area (Å²) in [7, 11) is 1.58. The van der Waals surface area contributed by atoms with Gasteiger partial charge in [-0.05, 0) is 80.9 Å². The van der Waals surface area contributed by atoms with Gasteiger partial charge < -0.3 is 20.1 Å². The quantitative estimate of drug-likeness (QED) is 0.244. The van der Waals surface area contributed by atoms with Crippen LogP contribution in [0, 0.1) is 11.8 Å². The van der Waals surface area contributed by atoms with Gasteiger partial charge in [-0.2, -0.15) is 0 Å². The summed E-state index contributed by atoms with van der Waals surface area (Å²) >= 11 is 0. The summed E-state index contributed by atoms with van der Waals surface area (Å²) in [5.74, 6) is -0.597. The van der Waals surface area contributed by atoms with Gasteiger partial charge in [0.2, 0.25) is 11.8 Å². The number of nitrogens with one attached hydrogen (secondary N) is 2. The third-order valence-electron chi connectivity index (χ3n) is 8.15. The number of rotatable bonds is 13. The van der Waals surface area contributed by atoms with Crippen molar-refractivity contribution < 1.29 is 29.0 Å². The third kappa shape index (κ3) is 8.62. The van der Waals surface area contributed by atoms with Crippen LogP contribution in [0.3, 0.4) is 0 Å². The van der Waals surface area contributed by atoms with E-state index in [9.17, 15) is 24.3 Å². The lowest BCUT2D eigenvalue weighted by Gasteiger charge is -2.36. The van der Waals surface area contributed by atoms with Crippen molar-refractivity contribution in [2.45, 2.75) is 51.4 Å². The molecule has 0 spiro atoms. The number of ketones is 1. The number of likely N-dealkylation sites (tertiary alicyclic amines) is 1. The topological polar surface area (TPSA) is 128 Å². The highest BCUT2D eigenvalue weighted by molar-refractivity contribution is 6.06. The predicted molar refractivity (Wildman–Crippen MR) is 159 cm³/mol. The molecule has 0 unspecified atom stereocenters. The maximum absolute atomic E-state index is 14.0. The number of aliphatic carboxylic acids is 1. The van der Waals surface area contributed by atoms with Crippen molar-refractivity contribution in [2.24, 2.45) is 11.8 Å². The van der Waals surface area contributed by atoms with Crippen LogP contribution >= 0.6 is 0 Å². The van der Waals surface area contributed by atoms with E-state index in [1.54, 1.807) is 48.4 Å². The molecule has 0 aliphatic carbocycles. The van der Waals surface area contributed by atoms with Crippen molar-refractivity contribution in [3.63, 3.8) is 0 Å². The number of ether oxygens (including phenoxy) is 1. The first-order valence-corrected chi connectivity index (χ1v) is 14.9. The molecule has 2 heterocycles. The summed E-state index contributed by atoms with van der Waals surface area (Å²) in [6, 6.07) is 14.1. The van der Waals surface area contributed by atoms with E-state index in [2.05, 4.69) is 10.7 Å². The van der Waals surface area contributed by atoms with Crippen LogP contribution in [0.5, 0.6) is 5.75 Å². The van der Waals surface area contributed by atoms with Crippen LogP contribution in [0.1, 0.15) is 60.9 Å². The molecule has 0 saturated carbocycles. The Morgan fingerprint density at radius 1 is 1.02 bits per heavy atom. The van der Waals surface area contributed by atoms with E-state index in [4.69, 9.17) is 4.74 Å². The fourth-order valence-corrected chi connectivity index (χ4v) is 5.73. The van der Waals surface area contributed by atoms with Gasteiger partial charge in [0.1, 0.15) is 5.75 Å². The van der Waals surface area contributed by atoms with Crippen LogP contribution in [0.2, 0.25) is 0 Å². The minimum atomic E-state index is -0.998. The van der Waals surface area contributed by atoms with E-state index in [-0.39, 0.29) is 37.0 Å². The zero-order valence-corrected chi connectivity index (χ0v) is 24.3. The normalized spacial score (nSPS) is 17.5. The van der Waals surface area contributed by atoms with E-state index in [1.165, 1.54) is 5.01 Å². The second-order valence-corrected chi connectivity index (χ2v) is 11.1. The molecule has 2 amide bonds. The Labute approximate surface area is 247 Å². The lowest BCUT2D eigenvalue weighted by molar-refractivity contribution is -0.138. The molecule has 2 aliphatic heterocycles. The number of carbonyl (C=O) groups is 4. The summed E-state index contributed by atoms with van der Waals surface area (Å²) in [6.45, 7) is 2.93. The molecular weight excluding hydrogens is 536 g/mol. The molecule has 4 rings (SSSR count).